The molecule has 0 spiro atoms. The van der Waals surface area contributed by atoms with Gasteiger partial charge in [-0.2, -0.15) is 0 Å². The van der Waals surface area contributed by atoms with Crippen LogP contribution in [0, 0.1) is 6.92 Å². The molecule has 0 bridgehead atoms. The van der Waals surface area contributed by atoms with Crippen LogP contribution < -0.4 is 4.90 Å². The lowest BCUT2D eigenvalue weighted by molar-refractivity contribution is 0.606. The molecule has 1 aromatic heterocycles. The highest BCUT2D eigenvalue weighted by atomic mass is 15.2. The van der Waals surface area contributed by atoms with Crippen LogP contribution in [0.4, 0.5) is 5.82 Å². The van der Waals surface area contributed by atoms with E-state index in [2.05, 4.69) is 27.9 Å². The predicted octanol–water partition coefficient (Wildman–Crippen LogP) is 1.56. The second kappa shape index (κ2) is 3.32. The summed E-state index contributed by atoms with van der Waals surface area (Å²) in [5.74, 6) is 2.00. The Labute approximate surface area is 78.8 Å². The van der Waals surface area contributed by atoms with Gasteiger partial charge in [-0.15, -0.1) is 0 Å². The van der Waals surface area contributed by atoms with Crippen LogP contribution in [-0.2, 0) is 6.42 Å². The van der Waals surface area contributed by atoms with Gasteiger partial charge in [-0.1, -0.05) is 6.92 Å². The molecule has 70 valence electrons. The molecule has 13 heavy (non-hydrogen) atoms. The van der Waals surface area contributed by atoms with E-state index in [1.54, 1.807) is 0 Å². The zero-order valence-electron chi connectivity index (χ0n) is 8.25. The van der Waals surface area contributed by atoms with Crippen molar-refractivity contribution in [1.29, 1.82) is 0 Å². The molecular weight excluding hydrogens is 162 g/mol. The molecule has 1 saturated heterocycles. The molecule has 0 unspecified atom stereocenters. The average molecular weight is 177 g/mol. The first kappa shape index (κ1) is 8.48. The van der Waals surface area contributed by atoms with Crippen molar-refractivity contribution < 1.29 is 0 Å². The maximum atomic E-state index is 4.42. The summed E-state index contributed by atoms with van der Waals surface area (Å²) in [6.45, 7) is 6.39. The first-order chi connectivity index (χ1) is 6.29. The molecule has 2 rings (SSSR count). The second-order valence-corrected chi connectivity index (χ2v) is 3.46. The van der Waals surface area contributed by atoms with E-state index in [1.807, 2.05) is 6.92 Å². The Kier molecular flexibility index (Phi) is 2.17. The van der Waals surface area contributed by atoms with Crippen molar-refractivity contribution in [3.8, 4) is 0 Å². The molecule has 3 heteroatoms. The number of rotatable bonds is 2. The largest absolute Gasteiger partial charge is 0.356 e. The molecule has 0 radical (unpaired) electrons. The Morgan fingerprint density at radius 1 is 1.38 bits per heavy atom. The fraction of sp³-hybridized carbons (Fsp3) is 0.600. The van der Waals surface area contributed by atoms with Crippen molar-refractivity contribution in [3.05, 3.63) is 17.6 Å². The molecule has 0 atom stereocenters. The minimum Gasteiger partial charge on any atom is -0.356 e. The standard InChI is InChI=1S/C10H15N3/c1-3-9-7-10(12-8(2)11-9)13-5-4-6-13/h7H,3-6H2,1-2H3. The smallest absolute Gasteiger partial charge is 0.132 e. The average Bonchev–Trinajstić information content (AvgIpc) is 2.00. The van der Waals surface area contributed by atoms with Gasteiger partial charge in [0.25, 0.3) is 0 Å². The van der Waals surface area contributed by atoms with Crippen LogP contribution in [0.3, 0.4) is 0 Å². The van der Waals surface area contributed by atoms with Gasteiger partial charge in [0.15, 0.2) is 0 Å². The van der Waals surface area contributed by atoms with E-state index in [0.29, 0.717) is 0 Å². The minimum absolute atomic E-state index is 0.890. The zero-order valence-corrected chi connectivity index (χ0v) is 8.25. The van der Waals surface area contributed by atoms with Crippen molar-refractivity contribution in [2.75, 3.05) is 18.0 Å². The molecule has 1 fully saturated rings. The van der Waals surface area contributed by atoms with Crippen molar-refractivity contribution in [2.45, 2.75) is 26.7 Å². The first-order valence-corrected chi connectivity index (χ1v) is 4.89. The minimum atomic E-state index is 0.890. The van der Waals surface area contributed by atoms with Gasteiger partial charge in [0, 0.05) is 24.8 Å². The molecule has 1 aliphatic rings. The Morgan fingerprint density at radius 3 is 2.69 bits per heavy atom. The lowest BCUT2D eigenvalue weighted by Crippen LogP contribution is -2.37. The van der Waals surface area contributed by atoms with Gasteiger partial charge in [0.05, 0.1) is 0 Å². The van der Waals surface area contributed by atoms with E-state index in [-0.39, 0.29) is 0 Å². The summed E-state index contributed by atoms with van der Waals surface area (Å²) >= 11 is 0. The molecule has 1 aliphatic heterocycles. The highest BCUT2D eigenvalue weighted by Crippen LogP contribution is 2.18. The normalized spacial score (nSPS) is 15.7. The van der Waals surface area contributed by atoms with Crippen LogP contribution in [0.2, 0.25) is 0 Å². The number of aromatic nitrogens is 2. The van der Waals surface area contributed by atoms with Gasteiger partial charge < -0.3 is 4.90 Å². The third-order valence-electron chi connectivity index (χ3n) is 2.42. The number of hydrogen-bond donors (Lipinski definition) is 0. The van der Waals surface area contributed by atoms with Crippen LogP contribution in [0.5, 0.6) is 0 Å². The molecule has 0 N–H and O–H groups in total. The van der Waals surface area contributed by atoms with Crippen molar-refractivity contribution >= 4 is 5.82 Å². The van der Waals surface area contributed by atoms with Gasteiger partial charge in [-0.25, -0.2) is 9.97 Å². The summed E-state index contributed by atoms with van der Waals surface area (Å²) in [4.78, 5) is 11.1. The molecular formula is C10H15N3. The number of aryl methyl sites for hydroxylation is 2. The summed E-state index contributed by atoms with van der Waals surface area (Å²) in [5.41, 5.74) is 1.15. The summed E-state index contributed by atoms with van der Waals surface area (Å²) in [5, 5.41) is 0. The van der Waals surface area contributed by atoms with Crippen molar-refractivity contribution in [3.63, 3.8) is 0 Å². The fourth-order valence-corrected chi connectivity index (χ4v) is 1.50. The zero-order chi connectivity index (χ0) is 9.26. The monoisotopic (exact) mass is 177 g/mol. The second-order valence-electron chi connectivity index (χ2n) is 3.46. The van der Waals surface area contributed by atoms with Crippen molar-refractivity contribution in [1.82, 2.24) is 9.97 Å². The SMILES string of the molecule is CCc1cc(N2CCC2)nc(C)n1. The Bertz CT molecular complexity index is 305. The topological polar surface area (TPSA) is 29.0 Å². The van der Waals surface area contributed by atoms with Crippen LogP contribution in [0.15, 0.2) is 6.07 Å². The van der Waals surface area contributed by atoms with Gasteiger partial charge in [-0.05, 0) is 19.8 Å². The van der Waals surface area contributed by atoms with Gasteiger partial charge >= 0.3 is 0 Å². The summed E-state index contributed by atoms with van der Waals surface area (Å²) in [6, 6.07) is 2.10. The van der Waals surface area contributed by atoms with Crippen LogP contribution in [0.1, 0.15) is 24.9 Å². The Hall–Kier alpha value is -1.12. The molecule has 2 heterocycles. The van der Waals surface area contributed by atoms with Gasteiger partial charge in [0.2, 0.25) is 0 Å². The first-order valence-electron chi connectivity index (χ1n) is 4.89. The van der Waals surface area contributed by atoms with E-state index in [4.69, 9.17) is 0 Å². The van der Waals surface area contributed by atoms with Gasteiger partial charge in [0.1, 0.15) is 11.6 Å². The maximum absolute atomic E-state index is 4.42. The number of nitrogens with zero attached hydrogens (tertiary/aromatic N) is 3. The van der Waals surface area contributed by atoms with E-state index in [1.165, 1.54) is 6.42 Å². The van der Waals surface area contributed by atoms with Crippen LogP contribution in [-0.4, -0.2) is 23.1 Å². The number of anilines is 1. The molecule has 3 nitrogen and oxygen atoms in total. The van der Waals surface area contributed by atoms with E-state index < -0.39 is 0 Å². The Balaban J connectivity index is 2.28. The van der Waals surface area contributed by atoms with E-state index >= 15 is 0 Å². The summed E-state index contributed by atoms with van der Waals surface area (Å²) < 4.78 is 0. The summed E-state index contributed by atoms with van der Waals surface area (Å²) in [7, 11) is 0. The molecule has 0 aromatic carbocycles. The summed E-state index contributed by atoms with van der Waals surface area (Å²) in [6.07, 6.45) is 2.29. The third kappa shape index (κ3) is 1.64. The molecule has 0 amide bonds. The number of hydrogen-bond acceptors (Lipinski definition) is 3. The van der Waals surface area contributed by atoms with E-state index in [0.717, 1.165) is 36.8 Å². The molecule has 0 aliphatic carbocycles. The lowest BCUT2D eigenvalue weighted by Gasteiger charge is -2.32. The predicted molar refractivity (Wildman–Crippen MR) is 53.0 cm³/mol. The van der Waals surface area contributed by atoms with Crippen molar-refractivity contribution in [2.24, 2.45) is 0 Å². The van der Waals surface area contributed by atoms with Gasteiger partial charge in [-0.3, -0.25) is 0 Å². The molecule has 0 saturated carbocycles. The highest BCUT2D eigenvalue weighted by molar-refractivity contribution is 5.42. The third-order valence-corrected chi connectivity index (χ3v) is 2.42. The molecule has 1 aromatic rings. The Morgan fingerprint density at radius 2 is 2.15 bits per heavy atom. The fourth-order valence-electron chi connectivity index (χ4n) is 1.50. The van der Waals surface area contributed by atoms with E-state index in [9.17, 15) is 0 Å². The quantitative estimate of drug-likeness (QED) is 0.686. The maximum Gasteiger partial charge on any atom is 0.132 e. The highest BCUT2D eigenvalue weighted by Gasteiger charge is 2.16. The van der Waals surface area contributed by atoms with Crippen LogP contribution in [0.25, 0.3) is 0 Å². The lowest BCUT2D eigenvalue weighted by atomic mass is 10.2. The van der Waals surface area contributed by atoms with Crippen LogP contribution >= 0.6 is 0 Å².